The van der Waals surface area contributed by atoms with Crippen LogP contribution in [0, 0.1) is 12.8 Å². The zero-order valence-corrected chi connectivity index (χ0v) is 12.3. The summed E-state index contributed by atoms with van der Waals surface area (Å²) in [6.07, 6.45) is 2.72. The third-order valence-corrected chi connectivity index (χ3v) is 4.77. The number of rotatable bonds is 4. The van der Waals surface area contributed by atoms with E-state index in [0.29, 0.717) is 12.5 Å². The Hall–Kier alpha value is -1.84. The fourth-order valence-electron chi connectivity index (χ4n) is 3.57. The SMILES string of the molecule is Cc1ccccc1C1CC1C(=O)N1CCCC1CC(=O)O. The lowest BCUT2D eigenvalue weighted by atomic mass is 10.0. The highest BCUT2D eigenvalue weighted by Crippen LogP contribution is 2.50. The van der Waals surface area contributed by atoms with Crippen LogP contribution in [0.3, 0.4) is 0 Å². The van der Waals surface area contributed by atoms with Crippen molar-refractivity contribution in [2.45, 2.75) is 44.6 Å². The summed E-state index contributed by atoms with van der Waals surface area (Å²) >= 11 is 0. The Bertz CT molecular complexity index is 569. The highest BCUT2D eigenvalue weighted by atomic mass is 16.4. The molecule has 0 bridgehead atoms. The molecule has 1 heterocycles. The molecular weight excluding hydrogens is 266 g/mol. The molecule has 1 aliphatic carbocycles. The van der Waals surface area contributed by atoms with Crippen LogP contribution in [0.15, 0.2) is 24.3 Å². The van der Waals surface area contributed by atoms with Gasteiger partial charge in [-0.25, -0.2) is 0 Å². The molecule has 1 aliphatic heterocycles. The topological polar surface area (TPSA) is 57.6 Å². The Morgan fingerprint density at radius 2 is 2.10 bits per heavy atom. The number of carbonyl (C=O) groups is 2. The molecule has 0 aromatic heterocycles. The maximum absolute atomic E-state index is 12.6. The van der Waals surface area contributed by atoms with E-state index in [4.69, 9.17) is 5.11 Å². The lowest BCUT2D eigenvalue weighted by Crippen LogP contribution is -2.38. The Kier molecular flexibility index (Phi) is 3.70. The molecule has 21 heavy (non-hydrogen) atoms. The Morgan fingerprint density at radius 1 is 1.33 bits per heavy atom. The second-order valence-electron chi connectivity index (χ2n) is 6.23. The van der Waals surface area contributed by atoms with Crippen LogP contribution < -0.4 is 0 Å². The van der Waals surface area contributed by atoms with Crippen molar-refractivity contribution in [3.05, 3.63) is 35.4 Å². The minimum atomic E-state index is -0.814. The van der Waals surface area contributed by atoms with E-state index in [1.807, 2.05) is 17.0 Å². The average Bonchev–Trinajstić information content (AvgIpc) is 3.10. The van der Waals surface area contributed by atoms with Gasteiger partial charge in [-0.3, -0.25) is 9.59 Å². The van der Waals surface area contributed by atoms with Gasteiger partial charge < -0.3 is 10.0 Å². The summed E-state index contributed by atoms with van der Waals surface area (Å²) in [5.41, 5.74) is 2.51. The zero-order valence-electron chi connectivity index (χ0n) is 12.3. The largest absolute Gasteiger partial charge is 0.481 e. The number of nitrogens with zero attached hydrogens (tertiary/aromatic N) is 1. The fourth-order valence-corrected chi connectivity index (χ4v) is 3.57. The highest BCUT2D eigenvalue weighted by Gasteiger charge is 2.48. The van der Waals surface area contributed by atoms with Gasteiger partial charge in [0.25, 0.3) is 0 Å². The molecule has 1 aromatic rings. The molecule has 1 amide bonds. The van der Waals surface area contributed by atoms with Gasteiger partial charge in [-0.2, -0.15) is 0 Å². The number of carbonyl (C=O) groups excluding carboxylic acids is 1. The number of carboxylic acid groups (broad SMARTS) is 1. The molecule has 0 radical (unpaired) electrons. The summed E-state index contributed by atoms with van der Waals surface area (Å²) in [6, 6.07) is 8.12. The van der Waals surface area contributed by atoms with E-state index in [1.54, 1.807) is 0 Å². The number of aryl methyl sites for hydroxylation is 1. The van der Waals surface area contributed by atoms with Gasteiger partial charge >= 0.3 is 5.97 Å². The van der Waals surface area contributed by atoms with Crippen LogP contribution in [0.4, 0.5) is 0 Å². The van der Waals surface area contributed by atoms with Gasteiger partial charge in [0.1, 0.15) is 0 Å². The van der Waals surface area contributed by atoms with Crippen molar-refractivity contribution in [2.24, 2.45) is 5.92 Å². The van der Waals surface area contributed by atoms with E-state index in [1.165, 1.54) is 11.1 Å². The van der Waals surface area contributed by atoms with Crippen LogP contribution in [0.25, 0.3) is 0 Å². The van der Waals surface area contributed by atoms with Crippen LogP contribution in [0.2, 0.25) is 0 Å². The molecule has 3 unspecified atom stereocenters. The maximum Gasteiger partial charge on any atom is 0.305 e. The normalized spacial score (nSPS) is 27.7. The first-order valence-corrected chi connectivity index (χ1v) is 7.65. The standard InChI is InChI=1S/C17H21NO3/c1-11-5-2-3-7-13(11)14-10-15(14)17(21)18-8-4-6-12(18)9-16(19)20/h2-3,5,7,12,14-15H,4,6,8-10H2,1H3,(H,19,20). The van der Waals surface area contributed by atoms with Gasteiger partial charge in [0.15, 0.2) is 0 Å². The van der Waals surface area contributed by atoms with Gasteiger partial charge in [0.2, 0.25) is 5.91 Å². The lowest BCUT2D eigenvalue weighted by Gasteiger charge is -2.23. The highest BCUT2D eigenvalue weighted by molar-refractivity contribution is 5.84. The number of aliphatic carboxylic acids is 1. The molecule has 2 fully saturated rings. The van der Waals surface area contributed by atoms with Crippen molar-refractivity contribution in [3.63, 3.8) is 0 Å². The van der Waals surface area contributed by atoms with Gasteiger partial charge in [-0.05, 0) is 43.2 Å². The van der Waals surface area contributed by atoms with Gasteiger partial charge in [0.05, 0.1) is 6.42 Å². The van der Waals surface area contributed by atoms with E-state index >= 15 is 0 Å². The molecule has 1 aromatic carbocycles. The summed E-state index contributed by atoms with van der Waals surface area (Å²) in [4.78, 5) is 25.3. The molecule has 4 heteroatoms. The Labute approximate surface area is 124 Å². The van der Waals surface area contributed by atoms with Crippen molar-refractivity contribution in [1.82, 2.24) is 4.90 Å². The van der Waals surface area contributed by atoms with E-state index in [0.717, 1.165) is 19.3 Å². The van der Waals surface area contributed by atoms with Gasteiger partial charge in [0, 0.05) is 18.5 Å². The van der Waals surface area contributed by atoms with Crippen LogP contribution in [-0.4, -0.2) is 34.5 Å². The first-order chi connectivity index (χ1) is 10.1. The molecule has 1 saturated carbocycles. The Balaban J connectivity index is 1.67. The van der Waals surface area contributed by atoms with E-state index in [-0.39, 0.29) is 24.3 Å². The third-order valence-electron chi connectivity index (χ3n) is 4.77. The molecular formula is C17H21NO3. The number of hydrogen-bond acceptors (Lipinski definition) is 2. The number of likely N-dealkylation sites (tertiary alicyclic amines) is 1. The summed E-state index contributed by atoms with van der Waals surface area (Å²) in [6.45, 7) is 2.80. The second-order valence-corrected chi connectivity index (χ2v) is 6.23. The van der Waals surface area contributed by atoms with Crippen LogP contribution in [0.5, 0.6) is 0 Å². The monoisotopic (exact) mass is 287 g/mol. The molecule has 0 spiro atoms. The fraction of sp³-hybridized carbons (Fsp3) is 0.529. The molecule has 3 rings (SSSR count). The summed E-state index contributed by atoms with van der Waals surface area (Å²) in [5.74, 6) is -0.275. The minimum Gasteiger partial charge on any atom is -0.481 e. The van der Waals surface area contributed by atoms with Crippen LogP contribution in [-0.2, 0) is 9.59 Å². The lowest BCUT2D eigenvalue weighted by molar-refractivity contribution is -0.140. The molecule has 1 N–H and O–H groups in total. The number of hydrogen-bond donors (Lipinski definition) is 1. The molecule has 2 aliphatic rings. The van der Waals surface area contributed by atoms with Crippen LogP contribution >= 0.6 is 0 Å². The zero-order chi connectivity index (χ0) is 15.0. The minimum absolute atomic E-state index is 0.0560. The number of carboxylic acids is 1. The number of benzene rings is 1. The summed E-state index contributed by atoms with van der Waals surface area (Å²) in [5, 5.41) is 8.96. The quantitative estimate of drug-likeness (QED) is 0.926. The van der Waals surface area contributed by atoms with Crippen molar-refractivity contribution in [1.29, 1.82) is 0 Å². The molecule has 1 saturated heterocycles. The average molecular weight is 287 g/mol. The summed E-state index contributed by atoms with van der Waals surface area (Å²) in [7, 11) is 0. The predicted molar refractivity (Wildman–Crippen MR) is 79.0 cm³/mol. The second kappa shape index (κ2) is 5.51. The predicted octanol–water partition coefficient (Wildman–Crippen LogP) is 2.56. The molecule has 4 nitrogen and oxygen atoms in total. The van der Waals surface area contributed by atoms with E-state index < -0.39 is 5.97 Å². The molecule has 3 atom stereocenters. The smallest absolute Gasteiger partial charge is 0.305 e. The van der Waals surface area contributed by atoms with Crippen molar-refractivity contribution < 1.29 is 14.7 Å². The Morgan fingerprint density at radius 3 is 2.81 bits per heavy atom. The van der Waals surface area contributed by atoms with Crippen molar-refractivity contribution in [2.75, 3.05) is 6.54 Å². The van der Waals surface area contributed by atoms with Crippen molar-refractivity contribution in [3.8, 4) is 0 Å². The van der Waals surface area contributed by atoms with E-state index in [9.17, 15) is 9.59 Å². The van der Waals surface area contributed by atoms with E-state index in [2.05, 4.69) is 19.1 Å². The number of amides is 1. The molecule has 112 valence electrons. The van der Waals surface area contributed by atoms with Crippen LogP contribution in [0.1, 0.15) is 42.7 Å². The first kappa shape index (κ1) is 14.1. The van der Waals surface area contributed by atoms with Crippen molar-refractivity contribution >= 4 is 11.9 Å². The third kappa shape index (κ3) is 2.80. The van der Waals surface area contributed by atoms with Gasteiger partial charge in [-0.1, -0.05) is 24.3 Å². The first-order valence-electron chi connectivity index (χ1n) is 7.65. The van der Waals surface area contributed by atoms with Gasteiger partial charge in [-0.15, -0.1) is 0 Å². The maximum atomic E-state index is 12.6. The summed E-state index contributed by atoms with van der Waals surface area (Å²) < 4.78 is 0.